The molecule has 0 aromatic heterocycles. The van der Waals surface area contributed by atoms with Crippen LogP contribution in [-0.2, 0) is 17.9 Å². The summed E-state index contributed by atoms with van der Waals surface area (Å²) in [5.74, 6) is 1.06. The number of aliphatic imine (C=N–C) groups is 1. The lowest BCUT2D eigenvalue weighted by Crippen LogP contribution is -2.47. The van der Waals surface area contributed by atoms with E-state index >= 15 is 0 Å². The Bertz CT molecular complexity index is 581. The summed E-state index contributed by atoms with van der Waals surface area (Å²) in [6.45, 7) is 8.61. The van der Waals surface area contributed by atoms with Gasteiger partial charge in [-0.25, -0.2) is 0 Å². The largest absolute Gasteiger partial charge is 0.352 e. The van der Waals surface area contributed by atoms with E-state index in [2.05, 4.69) is 54.6 Å². The van der Waals surface area contributed by atoms with Crippen molar-refractivity contribution in [2.24, 2.45) is 4.99 Å². The molecule has 0 radical (unpaired) electrons. The van der Waals surface area contributed by atoms with Gasteiger partial charge in [-0.05, 0) is 38.3 Å². The Hall–Kier alpha value is -1.31. The zero-order chi connectivity index (χ0) is 16.9. The summed E-state index contributed by atoms with van der Waals surface area (Å²) in [6.07, 6.45) is 1.67. The molecule has 1 aromatic rings. The van der Waals surface area contributed by atoms with Crippen molar-refractivity contribution in [3.63, 3.8) is 0 Å². The van der Waals surface area contributed by atoms with Gasteiger partial charge >= 0.3 is 0 Å². The Labute approximate surface area is 162 Å². The standard InChI is InChI=1S/C18H28N4O.HI/c1-18(2,3)21-17(19-4)20-12-14-7-5-8-15(11-14)13-22-10-6-9-16(22)23;/h5,7-8,11H,6,9-10,12-13H2,1-4H3,(H2,19,20,21);1H. The van der Waals surface area contributed by atoms with Crippen molar-refractivity contribution < 1.29 is 4.79 Å². The summed E-state index contributed by atoms with van der Waals surface area (Å²) >= 11 is 0. The van der Waals surface area contributed by atoms with Crippen molar-refractivity contribution in [3.8, 4) is 0 Å². The predicted molar refractivity (Wildman–Crippen MR) is 110 cm³/mol. The van der Waals surface area contributed by atoms with E-state index in [1.165, 1.54) is 11.1 Å². The summed E-state index contributed by atoms with van der Waals surface area (Å²) in [5.41, 5.74) is 2.34. The molecule has 0 atom stereocenters. The molecule has 1 aromatic carbocycles. The highest BCUT2D eigenvalue weighted by Gasteiger charge is 2.20. The van der Waals surface area contributed by atoms with Crippen LogP contribution in [0.1, 0.15) is 44.7 Å². The first kappa shape index (κ1) is 20.7. The van der Waals surface area contributed by atoms with Gasteiger partial charge in [-0.2, -0.15) is 0 Å². The van der Waals surface area contributed by atoms with E-state index in [1.807, 2.05) is 11.0 Å². The Morgan fingerprint density at radius 1 is 1.29 bits per heavy atom. The molecular weight excluding hydrogens is 415 g/mol. The average molecular weight is 444 g/mol. The van der Waals surface area contributed by atoms with Crippen LogP contribution in [0.4, 0.5) is 0 Å². The quantitative estimate of drug-likeness (QED) is 0.427. The Morgan fingerprint density at radius 2 is 2.00 bits per heavy atom. The van der Waals surface area contributed by atoms with Crippen LogP contribution in [0.15, 0.2) is 29.3 Å². The third-order valence-electron chi connectivity index (χ3n) is 3.71. The minimum Gasteiger partial charge on any atom is -0.352 e. The fraction of sp³-hybridized carbons (Fsp3) is 0.556. The molecule has 2 N–H and O–H groups in total. The normalized spacial score (nSPS) is 15.2. The second kappa shape index (κ2) is 9.25. The van der Waals surface area contributed by atoms with Crippen LogP contribution in [0.2, 0.25) is 0 Å². The first-order chi connectivity index (χ1) is 10.9. The fourth-order valence-corrected chi connectivity index (χ4v) is 2.65. The van der Waals surface area contributed by atoms with Crippen molar-refractivity contribution in [3.05, 3.63) is 35.4 Å². The van der Waals surface area contributed by atoms with Gasteiger partial charge in [0.05, 0.1) is 0 Å². The van der Waals surface area contributed by atoms with Crippen molar-refractivity contribution in [1.82, 2.24) is 15.5 Å². The van der Waals surface area contributed by atoms with Crippen LogP contribution in [0.25, 0.3) is 0 Å². The number of carbonyl (C=O) groups is 1. The van der Waals surface area contributed by atoms with Gasteiger partial charge in [0.1, 0.15) is 0 Å². The van der Waals surface area contributed by atoms with Gasteiger partial charge < -0.3 is 15.5 Å². The molecule has 0 saturated carbocycles. The minimum atomic E-state index is -0.0280. The third-order valence-corrected chi connectivity index (χ3v) is 3.71. The van der Waals surface area contributed by atoms with E-state index in [1.54, 1.807) is 7.05 Å². The maximum absolute atomic E-state index is 11.7. The summed E-state index contributed by atoms with van der Waals surface area (Å²) in [4.78, 5) is 17.9. The SMILES string of the molecule is CN=C(NCc1cccc(CN2CCCC2=O)c1)NC(C)(C)C.I. The molecule has 1 aliphatic rings. The van der Waals surface area contributed by atoms with Crippen LogP contribution in [0.5, 0.6) is 0 Å². The summed E-state index contributed by atoms with van der Waals surface area (Å²) < 4.78 is 0. The molecule has 0 aliphatic carbocycles. The number of hydrogen-bond donors (Lipinski definition) is 2. The summed E-state index contributed by atoms with van der Waals surface area (Å²) in [6, 6.07) is 8.37. The molecule has 1 heterocycles. The maximum atomic E-state index is 11.7. The number of rotatable bonds is 4. The van der Waals surface area contributed by atoms with Crippen LogP contribution < -0.4 is 10.6 Å². The summed E-state index contributed by atoms with van der Waals surface area (Å²) in [7, 11) is 1.77. The Kier molecular flexibility index (Phi) is 7.99. The fourth-order valence-electron chi connectivity index (χ4n) is 2.65. The monoisotopic (exact) mass is 444 g/mol. The van der Waals surface area contributed by atoms with Gasteiger partial charge in [-0.15, -0.1) is 24.0 Å². The van der Waals surface area contributed by atoms with Gasteiger partial charge in [0.15, 0.2) is 5.96 Å². The molecule has 24 heavy (non-hydrogen) atoms. The first-order valence-electron chi connectivity index (χ1n) is 8.22. The molecule has 1 amide bonds. The Balaban J connectivity index is 0.00000288. The lowest BCUT2D eigenvalue weighted by molar-refractivity contribution is -0.128. The second-order valence-electron chi connectivity index (χ2n) is 7.04. The molecule has 5 nitrogen and oxygen atoms in total. The smallest absolute Gasteiger partial charge is 0.222 e. The van der Waals surface area contributed by atoms with E-state index in [4.69, 9.17) is 0 Å². The topological polar surface area (TPSA) is 56.7 Å². The molecule has 1 aliphatic heterocycles. The molecule has 1 fully saturated rings. The molecule has 134 valence electrons. The number of carbonyl (C=O) groups excluding carboxylic acids is 1. The molecule has 2 rings (SSSR count). The zero-order valence-electron chi connectivity index (χ0n) is 15.1. The molecule has 0 bridgehead atoms. The maximum Gasteiger partial charge on any atom is 0.222 e. The number of likely N-dealkylation sites (tertiary alicyclic amines) is 1. The Morgan fingerprint density at radius 3 is 2.58 bits per heavy atom. The minimum absolute atomic E-state index is 0. The van der Waals surface area contributed by atoms with E-state index < -0.39 is 0 Å². The van der Waals surface area contributed by atoms with Gasteiger partial charge in [0.2, 0.25) is 5.91 Å². The molecule has 6 heteroatoms. The third kappa shape index (κ3) is 6.67. The zero-order valence-corrected chi connectivity index (χ0v) is 17.4. The van der Waals surface area contributed by atoms with Gasteiger partial charge in [0.25, 0.3) is 0 Å². The van der Waals surface area contributed by atoms with Gasteiger partial charge in [0, 0.05) is 38.6 Å². The molecule has 0 spiro atoms. The number of amides is 1. The van der Waals surface area contributed by atoms with Gasteiger partial charge in [-0.3, -0.25) is 9.79 Å². The van der Waals surface area contributed by atoms with Crippen LogP contribution in [0.3, 0.4) is 0 Å². The van der Waals surface area contributed by atoms with Crippen LogP contribution in [0, 0.1) is 0 Å². The molecular formula is C18H29IN4O. The molecule has 1 saturated heterocycles. The van der Waals surface area contributed by atoms with Crippen LogP contribution in [-0.4, -0.2) is 35.9 Å². The highest BCUT2D eigenvalue weighted by molar-refractivity contribution is 14.0. The second-order valence-corrected chi connectivity index (χ2v) is 7.04. The number of halogens is 1. The van der Waals surface area contributed by atoms with Crippen molar-refractivity contribution in [2.75, 3.05) is 13.6 Å². The molecule has 0 unspecified atom stereocenters. The van der Waals surface area contributed by atoms with Crippen molar-refractivity contribution in [2.45, 2.75) is 52.2 Å². The van der Waals surface area contributed by atoms with E-state index in [-0.39, 0.29) is 35.4 Å². The number of nitrogens with one attached hydrogen (secondary N) is 2. The number of hydrogen-bond acceptors (Lipinski definition) is 2. The highest BCUT2D eigenvalue weighted by Crippen LogP contribution is 2.15. The first-order valence-corrected chi connectivity index (χ1v) is 8.22. The number of benzene rings is 1. The number of guanidine groups is 1. The summed E-state index contributed by atoms with van der Waals surface area (Å²) in [5, 5.41) is 6.67. The highest BCUT2D eigenvalue weighted by atomic mass is 127. The number of nitrogens with zero attached hydrogens (tertiary/aromatic N) is 2. The van der Waals surface area contributed by atoms with Crippen molar-refractivity contribution in [1.29, 1.82) is 0 Å². The van der Waals surface area contributed by atoms with Crippen LogP contribution >= 0.6 is 24.0 Å². The van der Waals surface area contributed by atoms with E-state index in [0.29, 0.717) is 19.5 Å². The average Bonchev–Trinajstić information content (AvgIpc) is 2.88. The predicted octanol–water partition coefficient (Wildman–Crippen LogP) is 2.89. The lowest BCUT2D eigenvalue weighted by atomic mass is 10.1. The van der Waals surface area contributed by atoms with Gasteiger partial charge in [-0.1, -0.05) is 24.3 Å². The van der Waals surface area contributed by atoms with E-state index in [0.717, 1.165) is 18.9 Å². The van der Waals surface area contributed by atoms with E-state index in [9.17, 15) is 4.79 Å². The lowest BCUT2D eigenvalue weighted by Gasteiger charge is -2.24. The van der Waals surface area contributed by atoms with Crippen molar-refractivity contribution >= 4 is 35.8 Å².